The molecule has 0 bridgehead atoms. The van der Waals surface area contributed by atoms with E-state index in [4.69, 9.17) is 5.73 Å². The summed E-state index contributed by atoms with van der Waals surface area (Å²) in [5, 5.41) is 5.09. The average molecular weight is 254 g/mol. The van der Waals surface area contributed by atoms with Gasteiger partial charge in [-0.05, 0) is 31.2 Å². The molecule has 2 unspecified atom stereocenters. The first kappa shape index (κ1) is 14.2. The third-order valence-corrected chi connectivity index (χ3v) is 4.01. The maximum atomic E-state index is 12.0. The van der Waals surface area contributed by atoms with E-state index >= 15 is 0 Å². The highest BCUT2D eigenvalue weighted by Crippen LogP contribution is 2.24. The number of hydrogen-bond acceptors (Lipinski definition) is 3. The molecule has 0 saturated carbocycles. The summed E-state index contributed by atoms with van der Waals surface area (Å²) in [6.07, 6.45) is 2.63. The van der Waals surface area contributed by atoms with Gasteiger partial charge in [-0.3, -0.25) is 4.79 Å². The van der Waals surface area contributed by atoms with Crippen LogP contribution < -0.4 is 11.1 Å². The molecule has 17 heavy (non-hydrogen) atoms. The van der Waals surface area contributed by atoms with Gasteiger partial charge in [-0.25, -0.2) is 0 Å². The standard InChI is InChI=1S/C13H22N2OS/c1-4-7-10(11-8-6-9-17-11)15-12(16)13(3,14)5-2/h6,8-10H,4-5,7,14H2,1-3H3,(H,15,16). The van der Waals surface area contributed by atoms with E-state index in [2.05, 4.69) is 18.3 Å². The van der Waals surface area contributed by atoms with E-state index in [0.29, 0.717) is 6.42 Å². The summed E-state index contributed by atoms with van der Waals surface area (Å²) in [4.78, 5) is 13.2. The normalized spacial score (nSPS) is 16.2. The predicted octanol–water partition coefficient (Wildman–Crippen LogP) is 2.83. The van der Waals surface area contributed by atoms with Gasteiger partial charge in [-0.1, -0.05) is 26.3 Å². The van der Waals surface area contributed by atoms with Gasteiger partial charge in [0.1, 0.15) is 0 Å². The van der Waals surface area contributed by atoms with Crippen molar-refractivity contribution in [1.82, 2.24) is 5.32 Å². The van der Waals surface area contributed by atoms with E-state index in [9.17, 15) is 4.79 Å². The minimum Gasteiger partial charge on any atom is -0.347 e. The van der Waals surface area contributed by atoms with E-state index in [1.54, 1.807) is 18.3 Å². The Morgan fingerprint density at radius 1 is 1.59 bits per heavy atom. The summed E-state index contributed by atoms with van der Waals surface area (Å²) < 4.78 is 0. The largest absolute Gasteiger partial charge is 0.347 e. The van der Waals surface area contributed by atoms with Crippen LogP contribution in [0, 0.1) is 0 Å². The van der Waals surface area contributed by atoms with Gasteiger partial charge in [0.15, 0.2) is 0 Å². The molecule has 1 aromatic heterocycles. The lowest BCUT2D eigenvalue weighted by Crippen LogP contribution is -2.51. The molecule has 3 N–H and O–H groups in total. The SMILES string of the molecule is CCCC(NC(=O)C(C)(N)CC)c1cccs1. The van der Waals surface area contributed by atoms with E-state index in [1.807, 2.05) is 18.4 Å². The zero-order chi connectivity index (χ0) is 12.9. The quantitative estimate of drug-likeness (QED) is 0.820. The van der Waals surface area contributed by atoms with Crippen molar-refractivity contribution in [2.75, 3.05) is 0 Å². The second kappa shape index (κ2) is 6.17. The Hall–Kier alpha value is -0.870. The summed E-state index contributed by atoms with van der Waals surface area (Å²) >= 11 is 1.68. The first-order valence-electron chi connectivity index (χ1n) is 6.14. The van der Waals surface area contributed by atoms with Gasteiger partial charge in [0.25, 0.3) is 0 Å². The van der Waals surface area contributed by atoms with Crippen molar-refractivity contribution < 1.29 is 4.79 Å². The van der Waals surface area contributed by atoms with Crippen LogP contribution in [-0.4, -0.2) is 11.4 Å². The third-order valence-electron chi connectivity index (χ3n) is 3.02. The minimum atomic E-state index is -0.775. The number of carbonyl (C=O) groups is 1. The van der Waals surface area contributed by atoms with Crippen LogP contribution in [0.4, 0.5) is 0 Å². The second-order valence-electron chi connectivity index (χ2n) is 4.60. The summed E-state index contributed by atoms with van der Waals surface area (Å²) in [5.41, 5.74) is 5.17. The second-order valence-corrected chi connectivity index (χ2v) is 5.58. The maximum Gasteiger partial charge on any atom is 0.240 e. The zero-order valence-corrected chi connectivity index (χ0v) is 11.6. The van der Waals surface area contributed by atoms with Crippen LogP contribution in [0.1, 0.15) is 51.0 Å². The lowest BCUT2D eigenvalue weighted by molar-refractivity contribution is -0.126. The molecule has 0 aliphatic rings. The Bertz CT molecular complexity index is 346. The van der Waals surface area contributed by atoms with Crippen LogP contribution in [-0.2, 0) is 4.79 Å². The Labute approximate surface area is 107 Å². The molecule has 1 amide bonds. The minimum absolute atomic E-state index is 0.0631. The highest BCUT2D eigenvalue weighted by Gasteiger charge is 2.28. The van der Waals surface area contributed by atoms with Gasteiger partial charge < -0.3 is 11.1 Å². The van der Waals surface area contributed by atoms with E-state index in [0.717, 1.165) is 12.8 Å². The van der Waals surface area contributed by atoms with E-state index in [-0.39, 0.29) is 11.9 Å². The predicted molar refractivity (Wildman–Crippen MR) is 73.0 cm³/mol. The lowest BCUT2D eigenvalue weighted by Gasteiger charge is -2.25. The molecule has 0 aliphatic carbocycles. The number of amides is 1. The van der Waals surface area contributed by atoms with Gasteiger partial charge >= 0.3 is 0 Å². The van der Waals surface area contributed by atoms with Crippen molar-refractivity contribution in [1.29, 1.82) is 0 Å². The van der Waals surface area contributed by atoms with Crippen molar-refractivity contribution in [3.63, 3.8) is 0 Å². The van der Waals surface area contributed by atoms with Crippen LogP contribution in [0.2, 0.25) is 0 Å². The molecule has 0 aromatic carbocycles. The van der Waals surface area contributed by atoms with Crippen molar-refractivity contribution in [3.8, 4) is 0 Å². The zero-order valence-electron chi connectivity index (χ0n) is 10.8. The molecule has 1 heterocycles. The van der Waals surface area contributed by atoms with Gasteiger partial charge in [0.2, 0.25) is 5.91 Å². The molecule has 0 aliphatic heterocycles. The Morgan fingerprint density at radius 2 is 2.29 bits per heavy atom. The Kier molecular flexibility index (Phi) is 5.15. The molecule has 1 rings (SSSR count). The Morgan fingerprint density at radius 3 is 2.76 bits per heavy atom. The number of hydrogen-bond donors (Lipinski definition) is 2. The number of thiophene rings is 1. The van der Waals surface area contributed by atoms with Crippen LogP contribution >= 0.6 is 11.3 Å². The van der Waals surface area contributed by atoms with Crippen LogP contribution in [0.3, 0.4) is 0 Å². The van der Waals surface area contributed by atoms with Crippen LogP contribution in [0.25, 0.3) is 0 Å². The van der Waals surface area contributed by atoms with E-state index < -0.39 is 5.54 Å². The fourth-order valence-corrected chi connectivity index (χ4v) is 2.36. The molecule has 3 nitrogen and oxygen atoms in total. The molecular weight excluding hydrogens is 232 g/mol. The maximum absolute atomic E-state index is 12.0. The molecule has 0 radical (unpaired) electrons. The third kappa shape index (κ3) is 3.82. The molecule has 0 spiro atoms. The van der Waals surface area contributed by atoms with Gasteiger partial charge in [-0.15, -0.1) is 11.3 Å². The topological polar surface area (TPSA) is 55.1 Å². The highest BCUT2D eigenvalue weighted by atomic mass is 32.1. The number of nitrogens with two attached hydrogens (primary N) is 1. The molecule has 96 valence electrons. The van der Waals surface area contributed by atoms with Crippen molar-refractivity contribution in [2.24, 2.45) is 5.73 Å². The summed E-state index contributed by atoms with van der Waals surface area (Å²) in [7, 11) is 0. The number of nitrogens with one attached hydrogen (secondary N) is 1. The number of carbonyl (C=O) groups excluding carboxylic acids is 1. The molecule has 0 fully saturated rings. The number of rotatable bonds is 6. The monoisotopic (exact) mass is 254 g/mol. The average Bonchev–Trinajstić information content (AvgIpc) is 2.81. The fraction of sp³-hybridized carbons (Fsp3) is 0.615. The van der Waals surface area contributed by atoms with Crippen molar-refractivity contribution in [3.05, 3.63) is 22.4 Å². The van der Waals surface area contributed by atoms with Crippen LogP contribution in [0.15, 0.2) is 17.5 Å². The summed E-state index contributed by atoms with van der Waals surface area (Å²) in [6.45, 7) is 5.83. The molecule has 1 aromatic rings. The van der Waals surface area contributed by atoms with E-state index in [1.165, 1.54) is 4.88 Å². The first-order chi connectivity index (χ1) is 8.01. The first-order valence-corrected chi connectivity index (χ1v) is 7.02. The lowest BCUT2D eigenvalue weighted by atomic mass is 9.98. The van der Waals surface area contributed by atoms with Gasteiger partial charge in [0.05, 0.1) is 11.6 Å². The smallest absolute Gasteiger partial charge is 0.240 e. The summed E-state index contributed by atoms with van der Waals surface area (Å²) in [5.74, 6) is -0.0631. The fourth-order valence-electron chi connectivity index (χ4n) is 1.55. The van der Waals surface area contributed by atoms with Crippen molar-refractivity contribution in [2.45, 2.75) is 51.6 Å². The highest BCUT2D eigenvalue weighted by molar-refractivity contribution is 7.10. The summed E-state index contributed by atoms with van der Waals surface area (Å²) in [6, 6.07) is 4.17. The Balaban J connectivity index is 2.71. The molecule has 4 heteroatoms. The van der Waals surface area contributed by atoms with Gasteiger partial charge in [-0.2, -0.15) is 0 Å². The molecule has 2 atom stereocenters. The van der Waals surface area contributed by atoms with Gasteiger partial charge in [0, 0.05) is 4.88 Å². The van der Waals surface area contributed by atoms with Crippen LogP contribution in [0.5, 0.6) is 0 Å². The van der Waals surface area contributed by atoms with Crippen molar-refractivity contribution >= 4 is 17.2 Å². The molecular formula is C13H22N2OS. The molecule has 0 saturated heterocycles.